The van der Waals surface area contributed by atoms with Crippen molar-refractivity contribution in [3.63, 3.8) is 0 Å². The number of sulfonamides is 1. The number of hydrogen-bond donors (Lipinski definition) is 0. The van der Waals surface area contributed by atoms with Gasteiger partial charge >= 0.3 is 0 Å². The van der Waals surface area contributed by atoms with Crippen LogP contribution in [0.2, 0.25) is 10.0 Å². The van der Waals surface area contributed by atoms with Crippen molar-refractivity contribution in [2.24, 2.45) is 5.92 Å². The molecule has 1 saturated heterocycles. The number of rotatable bonds is 4. The van der Waals surface area contributed by atoms with Gasteiger partial charge in [-0.05, 0) is 69.3 Å². The summed E-state index contributed by atoms with van der Waals surface area (Å²) in [6.07, 6.45) is 5.36. The summed E-state index contributed by atoms with van der Waals surface area (Å²) in [5.41, 5.74) is 0. The lowest BCUT2D eigenvalue weighted by Gasteiger charge is -2.35. The van der Waals surface area contributed by atoms with Gasteiger partial charge in [-0.3, -0.25) is 0 Å². The van der Waals surface area contributed by atoms with Crippen LogP contribution in [0, 0.1) is 5.92 Å². The molecule has 0 radical (unpaired) electrons. The minimum atomic E-state index is -3.58. The van der Waals surface area contributed by atoms with Crippen LogP contribution in [0.25, 0.3) is 0 Å². The first-order valence-corrected chi connectivity index (χ1v) is 11.1. The van der Waals surface area contributed by atoms with E-state index in [9.17, 15) is 8.42 Å². The van der Waals surface area contributed by atoms with E-state index >= 15 is 0 Å². The Hall–Kier alpha value is -0.330. The second-order valence-corrected chi connectivity index (χ2v) is 10.3. The zero-order valence-electron chi connectivity index (χ0n) is 14.8. The summed E-state index contributed by atoms with van der Waals surface area (Å²) in [7, 11) is -1.91. The molecule has 1 saturated carbocycles. The monoisotopic (exact) mass is 404 g/mol. The maximum atomic E-state index is 12.9. The van der Waals surface area contributed by atoms with Gasteiger partial charge in [0.1, 0.15) is 0 Å². The molecule has 0 unspecified atom stereocenters. The van der Waals surface area contributed by atoms with Crippen LogP contribution >= 0.6 is 23.2 Å². The zero-order valence-corrected chi connectivity index (χ0v) is 17.1. The molecule has 0 amide bonds. The summed E-state index contributed by atoms with van der Waals surface area (Å²) < 4.78 is 27.4. The van der Waals surface area contributed by atoms with Crippen molar-refractivity contribution >= 4 is 33.2 Å². The third-order valence-electron chi connectivity index (χ3n) is 5.74. The highest BCUT2D eigenvalue weighted by Gasteiger charge is 2.37. The predicted molar refractivity (Wildman–Crippen MR) is 103 cm³/mol. The highest BCUT2D eigenvalue weighted by atomic mass is 35.5. The van der Waals surface area contributed by atoms with Crippen LogP contribution in [0.15, 0.2) is 23.1 Å². The topological polar surface area (TPSA) is 40.6 Å². The molecule has 1 aliphatic carbocycles. The zero-order chi connectivity index (χ0) is 18.2. The van der Waals surface area contributed by atoms with Gasteiger partial charge in [-0.2, -0.15) is 4.31 Å². The van der Waals surface area contributed by atoms with E-state index in [2.05, 4.69) is 11.8 Å². The second-order valence-electron chi connectivity index (χ2n) is 7.47. The van der Waals surface area contributed by atoms with E-state index in [0.29, 0.717) is 16.1 Å². The fourth-order valence-corrected chi connectivity index (χ4v) is 6.15. The van der Waals surface area contributed by atoms with E-state index < -0.39 is 10.0 Å². The summed E-state index contributed by atoms with van der Waals surface area (Å²) in [6.45, 7) is 4.59. The molecule has 2 atom stereocenters. The Kier molecular flexibility index (Phi) is 6.01. The lowest BCUT2D eigenvalue weighted by molar-refractivity contribution is 0.136. The SMILES string of the molecule is CC1CCN([C@@H]2CC[C@H](N(C)S(=O)(=O)c3cc(Cl)cc(Cl)c3)C2)CC1. The Morgan fingerprint density at radius 1 is 1.04 bits per heavy atom. The number of halogens is 2. The molecular weight excluding hydrogens is 379 g/mol. The molecule has 7 heteroatoms. The van der Waals surface area contributed by atoms with Gasteiger partial charge in [-0.15, -0.1) is 0 Å². The fourth-order valence-electron chi connectivity index (χ4n) is 4.03. The number of nitrogens with zero attached hydrogens (tertiary/aromatic N) is 2. The number of hydrogen-bond acceptors (Lipinski definition) is 3. The third kappa shape index (κ3) is 4.33. The van der Waals surface area contributed by atoms with Crippen LogP contribution in [0.1, 0.15) is 39.0 Å². The van der Waals surface area contributed by atoms with Crippen molar-refractivity contribution in [3.05, 3.63) is 28.2 Å². The van der Waals surface area contributed by atoms with Gasteiger partial charge < -0.3 is 4.90 Å². The fraction of sp³-hybridized carbons (Fsp3) is 0.667. The molecule has 25 heavy (non-hydrogen) atoms. The summed E-state index contributed by atoms with van der Waals surface area (Å²) in [5.74, 6) is 0.809. The Bertz CT molecular complexity index is 698. The maximum Gasteiger partial charge on any atom is 0.243 e. The Morgan fingerprint density at radius 3 is 2.24 bits per heavy atom. The Labute approximate surface area is 161 Å². The maximum absolute atomic E-state index is 12.9. The van der Waals surface area contributed by atoms with E-state index in [1.165, 1.54) is 29.3 Å². The standard InChI is InChI=1S/C18H26Cl2N2O2S/c1-13-5-7-22(8-6-13)17-4-3-16(12-17)21(2)25(23,24)18-10-14(19)9-15(20)11-18/h9-11,13,16-17H,3-8,12H2,1-2H3/t16-,17+/m0/s1. The predicted octanol–water partition coefficient (Wildman–Crippen LogP) is 4.27. The van der Waals surface area contributed by atoms with E-state index in [1.807, 2.05) is 0 Å². The molecule has 2 fully saturated rings. The molecule has 3 rings (SSSR count). The number of benzene rings is 1. The van der Waals surface area contributed by atoms with Crippen molar-refractivity contribution < 1.29 is 8.42 Å². The molecule has 1 heterocycles. The Balaban J connectivity index is 1.69. The van der Waals surface area contributed by atoms with Crippen molar-refractivity contribution in [1.82, 2.24) is 9.21 Å². The van der Waals surface area contributed by atoms with Crippen molar-refractivity contribution in [3.8, 4) is 0 Å². The van der Waals surface area contributed by atoms with Gasteiger partial charge in [0.2, 0.25) is 10.0 Å². The largest absolute Gasteiger partial charge is 0.300 e. The van der Waals surface area contributed by atoms with E-state index in [-0.39, 0.29) is 10.9 Å². The van der Waals surface area contributed by atoms with Gasteiger partial charge in [0.25, 0.3) is 0 Å². The van der Waals surface area contributed by atoms with E-state index in [0.717, 1.165) is 38.3 Å². The molecule has 0 spiro atoms. The van der Waals surface area contributed by atoms with Crippen molar-refractivity contribution in [1.29, 1.82) is 0 Å². The molecule has 0 aromatic heterocycles. The first kappa shape index (κ1) is 19.4. The summed E-state index contributed by atoms with van der Waals surface area (Å²) in [6, 6.07) is 5.02. The molecule has 2 aliphatic rings. The van der Waals surface area contributed by atoms with Gasteiger partial charge in [-0.25, -0.2) is 8.42 Å². The normalized spacial score (nSPS) is 26.4. The van der Waals surface area contributed by atoms with Gasteiger partial charge in [0, 0.05) is 29.2 Å². The third-order valence-corrected chi connectivity index (χ3v) is 8.06. The average Bonchev–Trinajstić information content (AvgIpc) is 3.03. The second kappa shape index (κ2) is 7.73. The van der Waals surface area contributed by atoms with Crippen molar-refractivity contribution in [2.75, 3.05) is 20.1 Å². The van der Waals surface area contributed by atoms with Crippen LogP contribution in [0.4, 0.5) is 0 Å². The highest BCUT2D eigenvalue weighted by molar-refractivity contribution is 7.89. The summed E-state index contributed by atoms with van der Waals surface area (Å²) in [4.78, 5) is 2.72. The molecular formula is C18H26Cl2N2O2S. The van der Waals surface area contributed by atoms with Gasteiger partial charge in [-0.1, -0.05) is 30.1 Å². The van der Waals surface area contributed by atoms with Crippen LogP contribution in [0.3, 0.4) is 0 Å². The number of likely N-dealkylation sites (tertiary alicyclic amines) is 1. The minimum Gasteiger partial charge on any atom is -0.300 e. The molecule has 1 aliphatic heterocycles. The minimum absolute atomic E-state index is 0.0344. The first-order chi connectivity index (χ1) is 11.8. The summed E-state index contributed by atoms with van der Waals surface area (Å²) in [5, 5.41) is 0.678. The molecule has 1 aromatic rings. The van der Waals surface area contributed by atoms with Crippen LogP contribution in [-0.2, 0) is 10.0 Å². The summed E-state index contributed by atoms with van der Waals surface area (Å²) >= 11 is 12.0. The van der Waals surface area contributed by atoms with E-state index in [1.54, 1.807) is 13.1 Å². The molecule has 4 nitrogen and oxygen atoms in total. The first-order valence-electron chi connectivity index (χ1n) is 8.95. The smallest absolute Gasteiger partial charge is 0.243 e. The quantitative estimate of drug-likeness (QED) is 0.751. The Morgan fingerprint density at radius 2 is 1.64 bits per heavy atom. The van der Waals surface area contributed by atoms with E-state index in [4.69, 9.17) is 23.2 Å². The lowest BCUT2D eigenvalue weighted by atomic mass is 9.97. The van der Waals surface area contributed by atoms with Gasteiger partial charge in [0.15, 0.2) is 0 Å². The molecule has 0 bridgehead atoms. The van der Waals surface area contributed by atoms with Crippen LogP contribution in [0.5, 0.6) is 0 Å². The molecule has 140 valence electrons. The number of piperidine rings is 1. The average molecular weight is 405 g/mol. The molecule has 0 N–H and O–H groups in total. The van der Waals surface area contributed by atoms with Crippen molar-refractivity contribution in [2.45, 2.75) is 56.0 Å². The van der Waals surface area contributed by atoms with Gasteiger partial charge in [0.05, 0.1) is 4.90 Å². The van der Waals surface area contributed by atoms with Crippen LogP contribution in [-0.4, -0.2) is 49.8 Å². The van der Waals surface area contributed by atoms with Crippen LogP contribution < -0.4 is 0 Å². The highest BCUT2D eigenvalue weighted by Crippen LogP contribution is 2.33. The molecule has 1 aromatic carbocycles. The lowest BCUT2D eigenvalue weighted by Crippen LogP contribution is -2.41.